The molecule has 1 unspecified atom stereocenters. The molecule has 1 aromatic heterocycles. The van der Waals surface area contributed by atoms with Crippen LogP contribution in [0.15, 0.2) is 52.1 Å². The molecule has 25 heavy (non-hydrogen) atoms. The second kappa shape index (κ2) is 7.57. The van der Waals surface area contributed by atoms with Gasteiger partial charge in [-0.2, -0.15) is 0 Å². The van der Waals surface area contributed by atoms with Crippen molar-refractivity contribution >= 4 is 39.2 Å². The van der Waals surface area contributed by atoms with Gasteiger partial charge in [-0.1, -0.05) is 22.0 Å². The van der Waals surface area contributed by atoms with Crippen LogP contribution in [-0.4, -0.2) is 35.7 Å². The SMILES string of the molecule is COC(=O)CCC1N=C(c2ccccn2)c2cc(Br)ccc2NC1=O. The Bertz CT molecular complexity index is 837. The first-order chi connectivity index (χ1) is 12.1. The van der Waals surface area contributed by atoms with Crippen LogP contribution in [0.4, 0.5) is 5.69 Å². The number of amides is 1. The highest BCUT2D eigenvalue weighted by molar-refractivity contribution is 9.10. The molecule has 6 nitrogen and oxygen atoms in total. The Morgan fingerprint density at radius 1 is 1.32 bits per heavy atom. The smallest absolute Gasteiger partial charge is 0.305 e. The molecule has 0 radical (unpaired) electrons. The quantitative estimate of drug-likeness (QED) is 0.798. The Morgan fingerprint density at radius 3 is 2.88 bits per heavy atom. The minimum absolute atomic E-state index is 0.119. The summed E-state index contributed by atoms with van der Waals surface area (Å²) < 4.78 is 5.53. The number of fused-ring (bicyclic) bond motifs is 1. The number of benzodiazepines with no additional fused rings is 1. The van der Waals surface area contributed by atoms with E-state index < -0.39 is 6.04 Å². The van der Waals surface area contributed by atoms with Gasteiger partial charge in [-0.25, -0.2) is 0 Å². The van der Waals surface area contributed by atoms with Crippen LogP contribution in [0.2, 0.25) is 0 Å². The van der Waals surface area contributed by atoms with Crippen molar-refractivity contribution in [3.05, 3.63) is 58.3 Å². The Hall–Kier alpha value is -2.54. The van der Waals surface area contributed by atoms with Crippen LogP contribution < -0.4 is 5.32 Å². The number of anilines is 1. The molecule has 0 saturated carbocycles. The minimum Gasteiger partial charge on any atom is -0.469 e. The lowest BCUT2D eigenvalue weighted by Gasteiger charge is -2.10. The molecule has 1 aliphatic rings. The number of rotatable bonds is 4. The van der Waals surface area contributed by atoms with E-state index in [4.69, 9.17) is 0 Å². The largest absolute Gasteiger partial charge is 0.469 e. The molecule has 128 valence electrons. The summed E-state index contributed by atoms with van der Waals surface area (Å²) in [5.41, 5.74) is 2.73. The first kappa shape index (κ1) is 17.3. The highest BCUT2D eigenvalue weighted by Gasteiger charge is 2.27. The average Bonchev–Trinajstić information content (AvgIpc) is 2.76. The molecule has 2 heterocycles. The molecule has 1 N–H and O–H groups in total. The van der Waals surface area contributed by atoms with E-state index in [1.165, 1.54) is 7.11 Å². The van der Waals surface area contributed by atoms with Gasteiger partial charge in [0.15, 0.2) is 0 Å². The van der Waals surface area contributed by atoms with Crippen molar-refractivity contribution in [2.75, 3.05) is 12.4 Å². The van der Waals surface area contributed by atoms with Crippen molar-refractivity contribution in [1.82, 2.24) is 4.98 Å². The van der Waals surface area contributed by atoms with Crippen LogP contribution in [0.5, 0.6) is 0 Å². The van der Waals surface area contributed by atoms with Gasteiger partial charge in [0.2, 0.25) is 5.91 Å². The molecule has 1 atom stereocenters. The normalized spacial score (nSPS) is 16.3. The van der Waals surface area contributed by atoms with Gasteiger partial charge in [0.05, 0.1) is 24.2 Å². The number of esters is 1. The zero-order valence-corrected chi connectivity index (χ0v) is 15.1. The number of hydrogen-bond acceptors (Lipinski definition) is 5. The number of carbonyl (C=O) groups excluding carboxylic acids is 2. The predicted molar refractivity (Wildman–Crippen MR) is 97.7 cm³/mol. The van der Waals surface area contributed by atoms with Crippen molar-refractivity contribution in [3.8, 4) is 0 Å². The Labute approximate surface area is 153 Å². The number of aromatic nitrogens is 1. The summed E-state index contributed by atoms with van der Waals surface area (Å²) in [6.07, 6.45) is 2.07. The summed E-state index contributed by atoms with van der Waals surface area (Å²) in [7, 11) is 1.32. The van der Waals surface area contributed by atoms with Gasteiger partial charge in [-0.15, -0.1) is 0 Å². The topological polar surface area (TPSA) is 80.7 Å². The molecule has 1 amide bonds. The van der Waals surface area contributed by atoms with Crippen LogP contribution >= 0.6 is 15.9 Å². The van der Waals surface area contributed by atoms with Gasteiger partial charge in [0.25, 0.3) is 0 Å². The Balaban J connectivity index is 2.05. The van der Waals surface area contributed by atoms with Crippen LogP contribution in [0.1, 0.15) is 24.1 Å². The molecule has 0 spiro atoms. The van der Waals surface area contributed by atoms with Crippen LogP contribution in [-0.2, 0) is 14.3 Å². The molecule has 3 rings (SSSR count). The van der Waals surface area contributed by atoms with Gasteiger partial charge in [-0.05, 0) is 36.8 Å². The number of pyridine rings is 1. The van der Waals surface area contributed by atoms with Crippen LogP contribution in [0.25, 0.3) is 0 Å². The third-order valence-electron chi connectivity index (χ3n) is 3.84. The number of halogens is 1. The summed E-state index contributed by atoms with van der Waals surface area (Å²) in [5.74, 6) is -0.620. The molecule has 1 aromatic carbocycles. The molecular weight excluding hydrogens is 386 g/mol. The van der Waals surface area contributed by atoms with Gasteiger partial charge in [0.1, 0.15) is 6.04 Å². The molecule has 0 saturated heterocycles. The third kappa shape index (κ3) is 3.93. The summed E-state index contributed by atoms with van der Waals surface area (Å²) in [5, 5.41) is 2.89. The molecule has 0 fully saturated rings. The second-order valence-corrected chi connectivity index (χ2v) is 6.42. The highest BCUT2D eigenvalue weighted by Crippen LogP contribution is 2.27. The van der Waals surface area contributed by atoms with Crippen LogP contribution in [0.3, 0.4) is 0 Å². The molecule has 0 bridgehead atoms. The zero-order valence-electron chi connectivity index (χ0n) is 13.5. The second-order valence-electron chi connectivity index (χ2n) is 5.50. The van der Waals surface area contributed by atoms with Gasteiger partial charge >= 0.3 is 5.97 Å². The van der Waals surface area contributed by atoms with Gasteiger partial charge < -0.3 is 10.1 Å². The van der Waals surface area contributed by atoms with E-state index in [9.17, 15) is 9.59 Å². The van der Waals surface area contributed by atoms with E-state index in [1.54, 1.807) is 6.20 Å². The lowest BCUT2D eigenvalue weighted by molar-refractivity contribution is -0.140. The van der Waals surface area contributed by atoms with E-state index in [2.05, 4.69) is 36.0 Å². The number of methoxy groups -OCH3 is 1. The average molecular weight is 402 g/mol. The highest BCUT2D eigenvalue weighted by atomic mass is 79.9. The summed E-state index contributed by atoms with van der Waals surface area (Å²) >= 11 is 3.46. The predicted octanol–water partition coefficient (Wildman–Crippen LogP) is 2.96. The maximum Gasteiger partial charge on any atom is 0.305 e. The van der Waals surface area contributed by atoms with Crippen molar-refractivity contribution in [1.29, 1.82) is 0 Å². The standard InChI is InChI=1S/C18H16BrN3O3/c1-25-16(23)8-7-15-18(24)22-13-6-5-11(19)10-12(13)17(21-15)14-4-2-3-9-20-14/h2-6,9-10,15H,7-8H2,1H3,(H,22,24). The fourth-order valence-corrected chi connectivity index (χ4v) is 2.94. The number of benzene rings is 1. The van der Waals surface area contributed by atoms with E-state index in [-0.39, 0.29) is 24.7 Å². The molecule has 2 aromatic rings. The van der Waals surface area contributed by atoms with Gasteiger partial charge in [0, 0.05) is 22.7 Å². The summed E-state index contributed by atoms with van der Waals surface area (Å²) in [4.78, 5) is 33.0. The number of carbonyl (C=O) groups is 2. The van der Waals surface area contributed by atoms with Gasteiger partial charge in [-0.3, -0.25) is 19.6 Å². The van der Waals surface area contributed by atoms with Crippen molar-refractivity contribution in [3.63, 3.8) is 0 Å². The monoisotopic (exact) mass is 401 g/mol. The first-order valence-electron chi connectivity index (χ1n) is 7.75. The van der Waals surface area contributed by atoms with E-state index in [0.29, 0.717) is 17.1 Å². The maximum absolute atomic E-state index is 12.5. The summed E-state index contributed by atoms with van der Waals surface area (Å²) in [6.45, 7) is 0. The van der Waals surface area contributed by atoms with E-state index in [0.717, 1.165) is 10.0 Å². The summed E-state index contributed by atoms with van der Waals surface area (Å²) in [6, 6.07) is 10.4. The van der Waals surface area contributed by atoms with E-state index >= 15 is 0 Å². The number of hydrogen-bond donors (Lipinski definition) is 1. The van der Waals surface area contributed by atoms with Crippen molar-refractivity contribution in [2.24, 2.45) is 4.99 Å². The maximum atomic E-state index is 12.5. The zero-order chi connectivity index (χ0) is 17.8. The van der Waals surface area contributed by atoms with Crippen molar-refractivity contribution < 1.29 is 14.3 Å². The number of nitrogens with one attached hydrogen (secondary N) is 1. The third-order valence-corrected chi connectivity index (χ3v) is 4.33. The first-order valence-corrected chi connectivity index (χ1v) is 8.54. The van der Waals surface area contributed by atoms with Crippen LogP contribution in [0, 0.1) is 0 Å². The Morgan fingerprint density at radius 2 is 2.16 bits per heavy atom. The minimum atomic E-state index is -0.692. The molecule has 1 aliphatic heterocycles. The lowest BCUT2D eigenvalue weighted by Crippen LogP contribution is -2.26. The van der Waals surface area contributed by atoms with Crippen molar-refractivity contribution in [2.45, 2.75) is 18.9 Å². The Kier molecular flexibility index (Phi) is 5.23. The molecule has 7 heteroatoms. The lowest BCUT2D eigenvalue weighted by atomic mass is 10.0. The number of nitrogens with zero attached hydrogens (tertiary/aromatic N) is 2. The number of ether oxygens (including phenoxy) is 1. The fourth-order valence-electron chi connectivity index (χ4n) is 2.58. The molecular formula is C18H16BrN3O3. The fraction of sp³-hybridized carbons (Fsp3) is 0.222. The van der Waals surface area contributed by atoms with E-state index in [1.807, 2.05) is 36.4 Å². The number of aliphatic imine (C=N–C) groups is 1. The molecule has 0 aliphatic carbocycles.